The van der Waals surface area contributed by atoms with E-state index in [-0.39, 0.29) is 5.54 Å². The zero-order valence-corrected chi connectivity index (χ0v) is 9.56. The van der Waals surface area contributed by atoms with Crippen LogP contribution >= 0.6 is 0 Å². The molecule has 1 aliphatic carbocycles. The van der Waals surface area contributed by atoms with Gasteiger partial charge in [0.1, 0.15) is 0 Å². The molecule has 2 nitrogen and oxygen atoms in total. The minimum atomic E-state index is -0.0608. The molecule has 2 rings (SSSR count). The highest BCUT2D eigenvalue weighted by Crippen LogP contribution is 2.33. The molecule has 82 valence electrons. The molecule has 0 bridgehead atoms. The zero-order chi connectivity index (χ0) is 11.4. The van der Waals surface area contributed by atoms with E-state index in [9.17, 15) is 0 Å². The van der Waals surface area contributed by atoms with E-state index in [4.69, 9.17) is 6.42 Å². The zero-order valence-electron chi connectivity index (χ0n) is 9.56. The SMILES string of the molecule is C#CCCC1(n2cccn2)C=CC=C(C)C1. The van der Waals surface area contributed by atoms with E-state index < -0.39 is 0 Å². The lowest BCUT2D eigenvalue weighted by Crippen LogP contribution is -2.33. The first-order valence-corrected chi connectivity index (χ1v) is 5.55. The molecule has 0 fully saturated rings. The molecule has 1 heterocycles. The molecule has 1 aromatic rings. The lowest BCUT2D eigenvalue weighted by molar-refractivity contribution is 0.307. The van der Waals surface area contributed by atoms with Crippen molar-refractivity contribution in [2.45, 2.75) is 31.7 Å². The van der Waals surface area contributed by atoms with Crippen molar-refractivity contribution in [3.63, 3.8) is 0 Å². The van der Waals surface area contributed by atoms with Crippen LogP contribution in [0.1, 0.15) is 26.2 Å². The second-order valence-corrected chi connectivity index (χ2v) is 4.31. The van der Waals surface area contributed by atoms with Crippen LogP contribution in [0.4, 0.5) is 0 Å². The van der Waals surface area contributed by atoms with Crippen molar-refractivity contribution in [3.8, 4) is 12.3 Å². The Morgan fingerprint density at radius 1 is 1.62 bits per heavy atom. The molecule has 0 amide bonds. The Morgan fingerprint density at radius 2 is 2.50 bits per heavy atom. The third-order valence-electron chi connectivity index (χ3n) is 3.04. The van der Waals surface area contributed by atoms with Gasteiger partial charge in [0.05, 0.1) is 5.54 Å². The summed E-state index contributed by atoms with van der Waals surface area (Å²) < 4.78 is 2.03. The van der Waals surface area contributed by atoms with Gasteiger partial charge in [0.15, 0.2) is 0 Å². The van der Waals surface area contributed by atoms with E-state index in [1.54, 1.807) is 0 Å². The molecule has 2 heteroatoms. The van der Waals surface area contributed by atoms with Gasteiger partial charge in [-0.15, -0.1) is 12.3 Å². The third kappa shape index (κ3) is 1.94. The normalized spacial score (nSPS) is 23.9. The van der Waals surface area contributed by atoms with Crippen molar-refractivity contribution >= 4 is 0 Å². The van der Waals surface area contributed by atoms with Gasteiger partial charge in [-0.25, -0.2) is 0 Å². The Kier molecular flexibility index (Phi) is 2.96. The molecule has 0 saturated heterocycles. The molecule has 0 spiro atoms. The lowest BCUT2D eigenvalue weighted by Gasteiger charge is -2.33. The number of nitrogens with zero attached hydrogens (tertiary/aromatic N) is 2. The van der Waals surface area contributed by atoms with E-state index in [2.05, 4.69) is 36.2 Å². The van der Waals surface area contributed by atoms with Crippen molar-refractivity contribution in [2.75, 3.05) is 0 Å². The van der Waals surface area contributed by atoms with Gasteiger partial charge in [0.25, 0.3) is 0 Å². The van der Waals surface area contributed by atoms with Gasteiger partial charge >= 0.3 is 0 Å². The second kappa shape index (κ2) is 4.40. The van der Waals surface area contributed by atoms with Crippen molar-refractivity contribution in [1.82, 2.24) is 9.78 Å². The van der Waals surface area contributed by atoms with E-state index in [0.717, 1.165) is 19.3 Å². The Bertz CT molecular complexity index is 446. The first kappa shape index (κ1) is 10.8. The van der Waals surface area contributed by atoms with E-state index >= 15 is 0 Å². The molecule has 0 saturated carbocycles. The first-order chi connectivity index (χ1) is 7.77. The summed E-state index contributed by atoms with van der Waals surface area (Å²) >= 11 is 0. The van der Waals surface area contributed by atoms with Gasteiger partial charge in [-0.1, -0.05) is 23.8 Å². The molecule has 16 heavy (non-hydrogen) atoms. The minimum Gasteiger partial charge on any atom is -0.262 e. The van der Waals surface area contributed by atoms with Crippen molar-refractivity contribution < 1.29 is 0 Å². The van der Waals surface area contributed by atoms with Gasteiger partial charge < -0.3 is 0 Å². The second-order valence-electron chi connectivity index (χ2n) is 4.31. The highest BCUT2D eigenvalue weighted by Gasteiger charge is 2.30. The average Bonchev–Trinajstić information content (AvgIpc) is 2.80. The minimum absolute atomic E-state index is 0.0608. The molecule has 1 aliphatic rings. The maximum absolute atomic E-state index is 5.37. The van der Waals surface area contributed by atoms with E-state index in [1.165, 1.54) is 5.57 Å². The largest absolute Gasteiger partial charge is 0.262 e. The fourth-order valence-electron chi connectivity index (χ4n) is 2.26. The summed E-state index contributed by atoms with van der Waals surface area (Å²) in [5.74, 6) is 2.72. The van der Waals surface area contributed by atoms with Gasteiger partial charge in [-0.05, 0) is 25.8 Å². The number of rotatable bonds is 3. The Balaban J connectivity index is 2.32. The summed E-state index contributed by atoms with van der Waals surface area (Å²) in [5.41, 5.74) is 1.31. The fourth-order valence-corrected chi connectivity index (χ4v) is 2.26. The standard InChI is InChI=1S/C14H16N2/c1-3-4-8-14(16-11-6-10-15-16)9-5-7-13(2)12-14/h1,5-7,9-11H,4,8,12H2,2H3. The quantitative estimate of drug-likeness (QED) is 0.704. The van der Waals surface area contributed by atoms with Crippen LogP contribution in [0.5, 0.6) is 0 Å². The fraction of sp³-hybridized carbons (Fsp3) is 0.357. The monoisotopic (exact) mass is 212 g/mol. The summed E-state index contributed by atoms with van der Waals surface area (Å²) in [6.07, 6.45) is 18.4. The first-order valence-electron chi connectivity index (χ1n) is 5.55. The summed E-state index contributed by atoms with van der Waals surface area (Å²) in [5, 5.41) is 4.37. The molecular weight excluding hydrogens is 196 g/mol. The topological polar surface area (TPSA) is 17.8 Å². The van der Waals surface area contributed by atoms with Gasteiger partial charge in [-0.2, -0.15) is 5.10 Å². The molecule has 1 atom stereocenters. The summed E-state index contributed by atoms with van der Waals surface area (Å²) in [6.45, 7) is 2.15. The van der Waals surface area contributed by atoms with Gasteiger partial charge in [-0.3, -0.25) is 4.68 Å². The van der Waals surface area contributed by atoms with Crippen molar-refractivity contribution in [2.24, 2.45) is 0 Å². The Hall–Kier alpha value is -1.75. The molecule has 1 aromatic heterocycles. The Labute approximate surface area is 96.7 Å². The Morgan fingerprint density at radius 3 is 3.12 bits per heavy atom. The van der Waals surface area contributed by atoms with Crippen LogP contribution in [0.15, 0.2) is 42.3 Å². The van der Waals surface area contributed by atoms with Crippen LogP contribution in [0.25, 0.3) is 0 Å². The van der Waals surface area contributed by atoms with Crippen LogP contribution in [-0.2, 0) is 5.54 Å². The number of terminal acetylenes is 1. The molecular formula is C14H16N2. The molecule has 0 radical (unpaired) electrons. The highest BCUT2D eigenvalue weighted by atomic mass is 15.3. The van der Waals surface area contributed by atoms with Crippen LogP contribution in [0.2, 0.25) is 0 Å². The van der Waals surface area contributed by atoms with E-state index in [0.29, 0.717) is 0 Å². The van der Waals surface area contributed by atoms with Crippen molar-refractivity contribution in [1.29, 1.82) is 0 Å². The highest BCUT2D eigenvalue weighted by molar-refractivity contribution is 5.25. The summed E-state index contributed by atoms with van der Waals surface area (Å²) in [4.78, 5) is 0. The maximum Gasteiger partial charge on any atom is 0.0855 e. The number of allylic oxidation sites excluding steroid dienone is 4. The van der Waals surface area contributed by atoms with Gasteiger partial charge in [0, 0.05) is 18.8 Å². The number of hydrogen-bond acceptors (Lipinski definition) is 1. The van der Waals surface area contributed by atoms with Crippen LogP contribution in [0, 0.1) is 12.3 Å². The number of aromatic nitrogens is 2. The molecule has 0 aromatic carbocycles. The predicted molar refractivity (Wildman–Crippen MR) is 65.8 cm³/mol. The van der Waals surface area contributed by atoms with Crippen molar-refractivity contribution in [3.05, 3.63) is 42.3 Å². The van der Waals surface area contributed by atoms with Crippen LogP contribution in [0.3, 0.4) is 0 Å². The third-order valence-corrected chi connectivity index (χ3v) is 3.04. The molecule has 0 N–H and O–H groups in total. The van der Waals surface area contributed by atoms with E-state index in [1.807, 2.05) is 23.1 Å². The lowest BCUT2D eigenvalue weighted by atomic mass is 9.83. The van der Waals surface area contributed by atoms with Crippen LogP contribution in [-0.4, -0.2) is 9.78 Å². The van der Waals surface area contributed by atoms with Crippen LogP contribution < -0.4 is 0 Å². The average molecular weight is 212 g/mol. The maximum atomic E-state index is 5.37. The number of hydrogen-bond donors (Lipinski definition) is 0. The molecule has 1 unspecified atom stereocenters. The summed E-state index contributed by atoms with van der Waals surface area (Å²) in [7, 11) is 0. The summed E-state index contributed by atoms with van der Waals surface area (Å²) in [6, 6.07) is 1.96. The predicted octanol–water partition coefficient (Wildman–Crippen LogP) is 2.90. The smallest absolute Gasteiger partial charge is 0.0855 e. The van der Waals surface area contributed by atoms with Gasteiger partial charge in [0.2, 0.25) is 0 Å². The molecule has 0 aliphatic heterocycles.